The number of nitrogens with one attached hydrogen (secondary N) is 1. The van der Waals surface area contributed by atoms with E-state index in [2.05, 4.69) is 27.3 Å². The molecule has 0 bridgehead atoms. The van der Waals surface area contributed by atoms with Crippen molar-refractivity contribution in [3.05, 3.63) is 40.7 Å². The number of hydrogen-bond acceptors (Lipinski definition) is 4. The van der Waals surface area contributed by atoms with Crippen molar-refractivity contribution in [2.24, 2.45) is 5.92 Å². The zero-order valence-corrected chi connectivity index (χ0v) is 15.5. The second kappa shape index (κ2) is 7.97. The van der Waals surface area contributed by atoms with Crippen LogP contribution in [-0.2, 0) is 0 Å². The van der Waals surface area contributed by atoms with Gasteiger partial charge >= 0.3 is 0 Å². The number of piperidine rings is 1. The quantitative estimate of drug-likeness (QED) is 0.889. The molecule has 0 spiro atoms. The van der Waals surface area contributed by atoms with E-state index >= 15 is 0 Å². The highest BCUT2D eigenvalue weighted by Gasteiger charge is 2.18. The third kappa shape index (κ3) is 4.58. The van der Waals surface area contributed by atoms with Crippen LogP contribution in [0.1, 0.15) is 35.9 Å². The Hall–Kier alpha value is -1.92. The van der Waals surface area contributed by atoms with E-state index in [1.807, 2.05) is 12.1 Å². The predicted octanol–water partition coefficient (Wildman–Crippen LogP) is 2.69. The van der Waals surface area contributed by atoms with E-state index in [0.717, 1.165) is 31.2 Å². The van der Waals surface area contributed by atoms with E-state index in [0.29, 0.717) is 23.0 Å². The summed E-state index contributed by atoms with van der Waals surface area (Å²) in [6.07, 6.45) is 2.54. The van der Waals surface area contributed by atoms with Crippen LogP contribution in [0.3, 0.4) is 0 Å². The van der Waals surface area contributed by atoms with Gasteiger partial charge in [0.05, 0.1) is 11.4 Å². The van der Waals surface area contributed by atoms with Crippen molar-refractivity contribution in [3.63, 3.8) is 0 Å². The summed E-state index contributed by atoms with van der Waals surface area (Å²) in [4.78, 5) is 16.3. The molecule has 6 nitrogen and oxygen atoms in total. The average molecular weight is 362 g/mol. The molecular weight excluding hydrogens is 338 g/mol. The summed E-state index contributed by atoms with van der Waals surface area (Å²) >= 11 is 6.00. The molecule has 2 aromatic rings. The normalized spacial score (nSPS) is 18.3. The van der Waals surface area contributed by atoms with Crippen LogP contribution >= 0.6 is 11.6 Å². The molecule has 1 aliphatic heterocycles. The van der Waals surface area contributed by atoms with Gasteiger partial charge in [-0.15, -0.1) is 5.10 Å². The number of aryl methyl sites for hydroxylation is 1. The van der Waals surface area contributed by atoms with Crippen LogP contribution in [0.25, 0.3) is 5.69 Å². The number of halogens is 1. The van der Waals surface area contributed by atoms with Crippen LogP contribution in [0.5, 0.6) is 0 Å². The Bertz CT molecular complexity index is 745. The molecule has 1 N–H and O–H groups in total. The fourth-order valence-electron chi connectivity index (χ4n) is 3.21. The van der Waals surface area contributed by atoms with Crippen LogP contribution in [0.2, 0.25) is 5.02 Å². The molecule has 1 amide bonds. The van der Waals surface area contributed by atoms with Crippen LogP contribution in [0, 0.1) is 12.8 Å². The molecule has 1 atom stereocenters. The first kappa shape index (κ1) is 17.9. The highest BCUT2D eigenvalue weighted by Crippen LogP contribution is 2.15. The first-order chi connectivity index (χ1) is 12.0. The molecule has 3 rings (SSSR count). The number of hydrogen-bond donors (Lipinski definition) is 1. The number of benzene rings is 1. The fourth-order valence-corrected chi connectivity index (χ4v) is 3.39. The predicted molar refractivity (Wildman–Crippen MR) is 98.3 cm³/mol. The highest BCUT2D eigenvalue weighted by atomic mass is 35.5. The van der Waals surface area contributed by atoms with E-state index in [1.165, 1.54) is 17.6 Å². The molecule has 134 valence electrons. The van der Waals surface area contributed by atoms with Gasteiger partial charge < -0.3 is 10.2 Å². The molecule has 0 saturated carbocycles. The molecular formula is C18H24ClN5O. The molecule has 1 saturated heterocycles. The van der Waals surface area contributed by atoms with Gasteiger partial charge in [0.25, 0.3) is 5.91 Å². The van der Waals surface area contributed by atoms with Crippen molar-refractivity contribution in [1.82, 2.24) is 25.2 Å². The number of aromatic nitrogens is 3. The van der Waals surface area contributed by atoms with Gasteiger partial charge in [-0.3, -0.25) is 4.79 Å². The minimum absolute atomic E-state index is 0.184. The molecule has 1 fully saturated rings. The van der Waals surface area contributed by atoms with Gasteiger partial charge in [-0.2, -0.15) is 9.90 Å². The lowest BCUT2D eigenvalue weighted by molar-refractivity contribution is 0.0938. The van der Waals surface area contributed by atoms with Crippen LogP contribution in [-0.4, -0.2) is 52.0 Å². The number of carbonyl (C=O) groups excluding carboxylic acids is 1. The van der Waals surface area contributed by atoms with Crippen molar-refractivity contribution in [2.45, 2.75) is 26.7 Å². The molecule has 0 unspecified atom stereocenters. The Morgan fingerprint density at radius 2 is 2.24 bits per heavy atom. The third-order valence-corrected chi connectivity index (χ3v) is 4.73. The monoisotopic (exact) mass is 361 g/mol. The maximum absolute atomic E-state index is 12.4. The Morgan fingerprint density at radius 1 is 1.40 bits per heavy atom. The zero-order chi connectivity index (χ0) is 17.8. The van der Waals surface area contributed by atoms with E-state index in [4.69, 9.17) is 11.6 Å². The minimum atomic E-state index is -0.184. The van der Waals surface area contributed by atoms with Crippen molar-refractivity contribution in [3.8, 4) is 5.69 Å². The lowest BCUT2D eigenvalue weighted by Crippen LogP contribution is -2.40. The van der Waals surface area contributed by atoms with E-state index in [9.17, 15) is 4.79 Å². The molecule has 7 heteroatoms. The summed E-state index contributed by atoms with van der Waals surface area (Å²) in [5.41, 5.74) is 1.69. The number of likely N-dealkylation sites (tertiary alicyclic amines) is 1. The van der Waals surface area contributed by atoms with Crippen molar-refractivity contribution < 1.29 is 4.79 Å². The summed E-state index contributed by atoms with van der Waals surface area (Å²) in [7, 11) is 0. The smallest absolute Gasteiger partial charge is 0.273 e. The third-order valence-electron chi connectivity index (χ3n) is 4.49. The fraction of sp³-hybridized carbons (Fsp3) is 0.500. The number of carbonyl (C=O) groups is 1. The van der Waals surface area contributed by atoms with E-state index in [-0.39, 0.29) is 5.91 Å². The zero-order valence-electron chi connectivity index (χ0n) is 14.7. The van der Waals surface area contributed by atoms with Gasteiger partial charge in [-0.25, -0.2) is 0 Å². The summed E-state index contributed by atoms with van der Waals surface area (Å²) < 4.78 is 0. The van der Waals surface area contributed by atoms with Gasteiger partial charge in [0.15, 0.2) is 5.69 Å². The van der Waals surface area contributed by atoms with Gasteiger partial charge in [-0.1, -0.05) is 24.6 Å². The van der Waals surface area contributed by atoms with Gasteiger partial charge in [-0.05, 0) is 50.4 Å². The number of nitrogens with zero attached hydrogens (tertiary/aromatic N) is 4. The van der Waals surface area contributed by atoms with Crippen LogP contribution in [0.4, 0.5) is 0 Å². The standard InChI is InChI=1S/C18H24ClN5O/c1-13-5-4-9-23(12-13)10-8-20-18(25)17-14(2)21-24(22-17)16-7-3-6-15(19)11-16/h3,6-7,11,13H,4-5,8-10,12H2,1-2H3,(H,20,25)/t13-/m0/s1. The maximum Gasteiger partial charge on any atom is 0.273 e. The SMILES string of the molecule is Cc1nn(-c2cccc(Cl)c2)nc1C(=O)NCCN1CCC[C@H](C)C1. The maximum atomic E-state index is 12.4. The highest BCUT2D eigenvalue weighted by molar-refractivity contribution is 6.30. The Labute approximate surface area is 153 Å². The second-order valence-electron chi connectivity index (χ2n) is 6.71. The Morgan fingerprint density at radius 3 is 3.00 bits per heavy atom. The summed E-state index contributed by atoms with van der Waals surface area (Å²) in [6, 6.07) is 7.23. The van der Waals surface area contributed by atoms with Gasteiger partial charge in [0.1, 0.15) is 0 Å². The molecule has 1 aromatic heterocycles. The van der Waals surface area contributed by atoms with Crippen LogP contribution < -0.4 is 5.32 Å². The van der Waals surface area contributed by atoms with Crippen molar-refractivity contribution in [2.75, 3.05) is 26.2 Å². The Balaban J connectivity index is 1.59. The Kier molecular flexibility index (Phi) is 5.71. The number of amides is 1. The molecule has 0 radical (unpaired) electrons. The summed E-state index contributed by atoms with van der Waals surface area (Å²) in [6.45, 7) is 7.79. The molecule has 2 heterocycles. The lowest BCUT2D eigenvalue weighted by atomic mass is 10.0. The summed E-state index contributed by atoms with van der Waals surface area (Å²) in [5.74, 6) is 0.556. The first-order valence-corrected chi connectivity index (χ1v) is 9.11. The topological polar surface area (TPSA) is 63.1 Å². The first-order valence-electron chi connectivity index (χ1n) is 8.73. The van der Waals surface area contributed by atoms with E-state index in [1.54, 1.807) is 19.1 Å². The number of rotatable bonds is 5. The average Bonchev–Trinajstić information content (AvgIpc) is 2.97. The molecule has 0 aliphatic carbocycles. The molecule has 25 heavy (non-hydrogen) atoms. The lowest BCUT2D eigenvalue weighted by Gasteiger charge is -2.30. The van der Waals surface area contributed by atoms with Crippen molar-refractivity contribution >= 4 is 17.5 Å². The van der Waals surface area contributed by atoms with Gasteiger partial charge in [0.2, 0.25) is 0 Å². The van der Waals surface area contributed by atoms with E-state index < -0.39 is 0 Å². The largest absolute Gasteiger partial charge is 0.349 e. The van der Waals surface area contributed by atoms with Gasteiger partial charge in [0, 0.05) is 24.7 Å². The van der Waals surface area contributed by atoms with Crippen LogP contribution in [0.15, 0.2) is 24.3 Å². The summed E-state index contributed by atoms with van der Waals surface area (Å²) in [5, 5.41) is 12.2. The second-order valence-corrected chi connectivity index (χ2v) is 7.14. The molecule has 1 aromatic carbocycles. The van der Waals surface area contributed by atoms with Crippen molar-refractivity contribution in [1.29, 1.82) is 0 Å². The molecule has 1 aliphatic rings. The minimum Gasteiger partial charge on any atom is -0.349 e.